The Morgan fingerprint density at radius 1 is 1.33 bits per heavy atom. The summed E-state index contributed by atoms with van der Waals surface area (Å²) in [4.78, 5) is 9.38. The molecule has 1 aliphatic heterocycles. The molecule has 0 spiro atoms. The zero-order valence-corrected chi connectivity index (χ0v) is 12.5. The van der Waals surface area contributed by atoms with Crippen molar-refractivity contribution in [3.8, 4) is 0 Å². The summed E-state index contributed by atoms with van der Waals surface area (Å²) in [5.41, 5.74) is 6.86. The topological polar surface area (TPSA) is 45.4 Å². The predicted octanol–water partition coefficient (Wildman–Crippen LogP) is 1.62. The van der Waals surface area contributed by atoms with Crippen LogP contribution in [-0.4, -0.2) is 49.2 Å². The van der Waals surface area contributed by atoms with Gasteiger partial charge in [-0.3, -0.25) is 0 Å². The summed E-state index contributed by atoms with van der Waals surface area (Å²) < 4.78 is 1.04. The first-order valence-corrected chi connectivity index (χ1v) is 7.29. The third-order valence-electron chi connectivity index (χ3n) is 3.35. The third kappa shape index (κ3) is 3.43. The Bertz CT molecular complexity index is 397. The third-order valence-corrected chi connectivity index (χ3v) is 3.78. The molecule has 2 heterocycles. The van der Waals surface area contributed by atoms with E-state index in [9.17, 15) is 0 Å². The molecule has 18 heavy (non-hydrogen) atoms. The van der Waals surface area contributed by atoms with Crippen molar-refractivity contribution in [1.29, 1.82) is 0 Å². The van der Waals surface area contributed by atoms with Crippen LogP contribution in [-0.2, 0) is 0 Å². The van der Waals surface area contributed by atoms with Gasteiger partial charge in [0.1, 0.15) is 5.82 Å². The van der Waals surface area contributed by atoms with Crippen LogP contribution in [0.5, 0.6) is 0 Å². The van der Waals surface area contributed by atoms with Gasteiger partial charge >= 0.3 is 0 Å². The molecule has 100 valence electrons. The first-order valence-electron chi connectivity index (χ1n) is 6.50. The second-order valence-corrected chi connectivity index (χ2v) is 5.68. The van der Waals surface area contributed by atoms with Crippen molar-refractivity contribution in [2.75, 3.05) is 44.2 Å². The summed E-state index contributed by atoms with van der Waals surface area (Å²) in [6, 6.07) is 2.13. The number of nitrogens with two attached hydrogens (primary N) is 1. The van der Waals surface area contributed by atoms with Crippen molar-refractivity contribution >= 4 is 21.7 Å². The molecule has 1 aromatic rings. The van der Waals surface area contributed by atoms with Crippen LogP contribution in [0.15, 0.2) is 16.7 Å². The average Bonchev–Trinajstić information content (AvgIpc) is 2.55. The quantitative estimate of drug-likeness (QED) is 0.921. The molecule has 1 aliphatic rings. The van der Waals surface area contributed by atoms with Crippen LogP contribution < -0.4 is 10.6 Å². The van der Waals surface area contributed by atoms with Crippen LogP contribution in [0.25, 0.3) is 0 Å². The SMILES string of the molecule is Cc1cc(Br)cnc1N1CCCN(CCN)CC1. The zero-order valence-electron chi connectivity index (χ0n) is 10.9. The minimum Gasteiger partial charge on any atom is -0.355 e. The molecule has 0 amide bonds. The molecule has 2 rings (SSSR count). The molecule has 0 bridgehead atoms. The van der Waals surface area contributed by atoms with Crippen molar-refractivity contribution in [3.05, 3.63) is 22.3 Å². The van der Waals surface area contributed by atoms with Crippen molar-refractivity contribution in [3.63, 3.8) is 0 Å². The second kappa shape index (κ2) is 6.50. The van der Waals surface area contributed by atoms with Gasteiger partial charge in [-0.15, -0.1) is 0 Å². The van der Waals surface area contributed by atoms with Gasteiger partial charge in [0, 0.05) is 43.4 Å². The monoisotopic (exact) mass is 312 g/mol. The fourth-order valence-corrected chi connectivity index (χ4v) is 2.90. The summed E-state index contributed by atoms with van der Waals surface area (Å²) in [7, 11) is 0. The van der Waals surface area contributed by atoms with Crippen molar-refractivity contribution in [2.24, 2.45) is 5.73 Å². The summed E-state index contributed by atoms with van der Waals surface area (Å²) in [5, 5.41) is 0. The normalized spacial score (nSPS) is 17.8. The van der Waals surface area contributed by atoms with E-state index >= 15 is 0 Å². The summed E-state index contributed by atoms with van der Waals surface area (Å²) >= 11 is 3.46. The molecule has 0 atom stereocenters. The lowest BCUT2D eigenvalue weighted by atomic mass is 10.2. The largest absolute Gasteiger partial charge is 0.355 e. The van der Waals surface area contributed by atoms with Crippen LogP contribution in [0, 0.1) is 6.92 Å². The highest BCUT2D eigenvalue weighted by Gasteiger charge is 2.16. The van der Waals surface area contributed by atoms with Gasteiger partial charge in [0.25, 0.3) is 0 Å². The number of aromatic nitrogens is 1. The summed E-state index contributed by atoms with van der Waals surface area (Å²) in [6.45, 7) is 8.20. The number of hydrogen-bond acceptors (Lipinski definition) is 4. The smallest absolute Gasteiger partial charge is 0.131 e. The van der Waals surface area contributed by atoms with E-state index in [-0.39, 0.29) is 0 Å². The van der Waals surface area contributed by atoms with Gasteiger partial charge in [-0.1, -0.05) is 0 Å². The Labute approximate surface area is 117 Å². The molecule has 0 saturated carbocycles. The van der Waals surface area contributed by atoms with Gasteiger partial charge in [-0.05, 0) is 47.4 Å². The van der Waals surface area contributed by atoms with E-state index in [4.69, 9.17) is 5.73 Å². The van der Waals surface area contributed by atoms with E-state index in [0.717, 1.165) is 49.6 Å². The van der Waals surface area contributed by atoms with E-state index in [2.05, 4.69) is 43.7 Å². The van der Waals surface area contributed by atoms with E-state index in [1.807, 2.05) is 6.20 Å². The molecule has 4 nitrogen and oxygen atoms in total. The van der Waals surface area contributed by atoms with Crippen molar-refractivity contribution in [1.82, 2.24) is 9.88 Å². The molecular weight excluding hydrogens is 292 g/mol. The molecule has 1 fully saturated rings. The van der Waals surface area contributed by atoms with Gasteiger partial charge in [-0.2, -0.15) is 0 Å². The predicted molar refractivity (Wildman–Crippen MR) is 79.0 cm³/mol. The number of hydrogen-bond donors (Lipinski definition) is 1. The molecule has 1 aromatic heterocycles. The van der Waals surface area contributed by atoms with E-state index in [0.29, 0.717) is 0 Å². The average molecular weight is 313 g/mol. The fourth-order valence-electron chi connectivity index (χ4n) is 2.45. The number of aryl methyl sites for hydroxylation is 1. The van der Waals surface area contributed by atoms with Crippen molar-refractivity contribution in [2.45, 2.75) is 13.3 Å². The van der Waals surface area contributed by atoms with Crippen LogP contribution in [0.1, 0.15) is 12.0 Å². The molecule has 0 aromatic carbocycles. The van der Waals surface area contributed by atoms with E-state index in [1.54, 1.807) is 0 Å². The standard InChI is InChI=1S/C13H21BrN4/c1-11-9-12(14)10-16-13(11)18-5-2-4-17(6-3-15)7-8-18/h9-10H,2-8,15H2,1H3. The van der Waals surface area contributed by atoms with Crippen LogP contribution in [0.4, 0.5) is 5.82 Å². The van der Waals surface area contributed by atoms with Crippen molar-refractivity contribution < 1.29 is 0 Å². The molecule has 1 saturated heterocycles. The molecule has 5 heteroatoms. The summed E-state index contributed by atoms with van der Waals surface area (Å²) in [6.07, 6.45) is 3.06. The maximum atomic E-state index is 5.62. The van der Waals surface area contributed by atoms with Gasteiger partial charge in [0.05, 0.1) is 0 Å². The molecule has 0 unspecified atom stereocenters. The van der Waals surface area contributed by atoms with Crippen LogP contribution in [0.2, 0.25) is 0 Å². The Hall–Kier alpha value is -0.650. The number of pyridine rings is 1. The van der Waals surface area contributed by atoms with E-state index in [1.165, 1.54) is 12.0 Å². The number of rotatable bonds is 3. The Kier molecular flexibility index (Phi) is 4.97. The van der Waals surface area contributed by atoms with Gasteiger partial charge in [0.2, 0.25) is 0 Å². The Morgan fingerprint density at radius 3 is 2.89 bits per heavy atom. The highest BCUT2D eigenvalue weighted by atomic mass is 79.9. The minimum atomic E-state index is 0.746. The highest BCUT2D eigenvalue weighted by molar-refractivity contribution is 9.10. The Morgan fingerprint density at radius 2 is 2.17 bits per heavy atom. The molecular formula is C13H21BrN4. The van der Waals surface area contributed by atoms with Gasteiger partial charge < -0.3 is 15.5 Å². The minimum absolute atomic E-state index is 0.746. The molecule has 0 aliphatic carbocycles. The zero-order chi connectivity index (χ0) is 13.0. The maximum absolute atomic E-state index is 5.62. The highest BCUT2D eigenvalue weighted by Crippen LogP contribution is 2.21. The number of nitrogens with zero attached hydrogens (tertiary/aromatic N) is 3. The molecule has 2 N–H and O–H groups in total. The molecule has 0 radical (unpaired) electrons. The number of halogens is 1. The Balaban J connectivity index is 2.05. The number of anilines is 1. The first kappa shape index (κ1) is 13.8. The lowest BCUT2D eigenvalue weighted by Crippen LogP contribution is -2.34. The fraction of sp³-hybridized carbons (Fsp3) is 0.615. The summed E-state index contributed by atoms with van der Waals surface area (Å²) in [5.74, 6) is 1.12. The van der Waals surface area contributed by atoms with Gasteiger partial charge in [-0.25, -0.2) is 4.98 Å². The maximum Gasteiger partial charge on any atom is 0.131 e. The van der Waals surface area contributed by atoms with E-state index < -0.39 is 0 Å². The van der Waals surface area contributed by atoms with Gasteiger partial charge in [0.15, 0.2) is 0 Å². The van der Waals surface area contributed by atoms with Crippen LogP contribution in [0.3, 0.4) is 0 Å². The lowest BCUT2D eigenvalue weighted by Gasteiger charge is -2.24. The second-order valence-electron chi connectivity index (χ2n) is 4.76. The lowest BCUT2D eigenvalue weighted by molar-refractivity contribution is 0.302. The first-order chi connectivity index (χ1) is 8.70. The van der Waals surface area contributed by atoms with Crippen LogP contribution >= 0.6 is 15.9 Å².